The van der Waals surface area contributed by atoms with Gasteiger partial charge in [0.1, 0.15) is 11.6 Å². The van der Waals surface area contributed by atoms with Gasteiger partial charge in [0, 0.05) is 32.0 Å². The molecule has 8 heteroatoms. The maximum Gasteiger partial charge on any atom is 0.345 e. The van der Waals surface area contributed by atoms with E-state index in [0.29, 0.717) is 32.4 Å². The second-order valence-electron chi connectivity index (χ2n) is 7.78. The number of nitrogens with one attached hydrogen (secondary N) is 1. The Bertz CT molecular complexity index is 887. The van der Waals surface area contributed by atoms with Crippen molar-refractivity contribution in [3.05, 3.63) is 46.1 Å². The number of aryl methyl sites for hydroxylation is 2. The van der Waals surface area contributed by atoms with Crippen LogP contribution in [0.3, 0.4) is 0 Å². The number of ether oxygens (including phenoxy) is 1. The van der Waals surface area contributed by atoms with Crippen molar-refractivity contribution in [3.8, 4) is 5.75 Å². The molecule has 0 saturated carbocycles. The second-order valence-corrected chi connectivity index (χ2v) is 7.78. The SMILES string of the molecule is COc1ccccc1CCC(=O)NC1CCc2nn(CCN(C)C)c(=O)n2CC1. The van der Waals surface area contributed by atoms with Crippen LogP contribution in [-0.2, 0) is 30.7 Å². The van der Waals surface area contributed by atoms with Crippen LogP contribution in [-0.4, -0.2) is 58.9 Å². The summed E-state index contributed by atoms with van der Waals surface area (Å²) in [5.41, 5.74) is 0.981. The van der Waals surface area contributed by atoms with Crippen LogP contribution in [0, 0.1) is 0 Å². The molecule has 1 amide bonds. The van der Waals surface area contributed by atoms with Crippen molar-refractivity contribution in [2.45, 2.75) is 51.2 Å². The number of hydrogen-bond acceptors (Lipinski definition) is 5. The maximum absolute atomic E-state index is 12.6. The monoisotopic (exact) mass is 401 g/mol. The van der Waals surface area contributed by atoms with E-state index in [2.05, 4.69) is 10.4 Å². The average molecular weight is 402 g/mol. The van der Waals surface area contributed by atoms with E-state index in [9.17, 15) is 9.59 Å². The molecule has 0 saturated heterocycles. The molecule has 0 fully saturated rings. The van der Waals surface area contributed by atoms with Crippen LogP contribution >= 0.6 is 0 Å². The van der Waals surface area contributed by atoms with Crippen LogP contribution in [0.2, 0.25) is 0 Å². The average Bonchev–Trinajstić information content (AvgIpc) is 2.87. The van der Waals surface area contributed by atoms with Crippen LogP contribution in [0.4, 0.5) is 0 Å². The summed E-state index contributed by atoms with van der Waals surface area (Å²) in [4.78, 5) is 27.0. The largest absolute Gasteiger partial charge is 0.496 e. The molecule has 0 aliphatic carbocycles. The fourth-order valence-corrected chi connectivity index (χ4v) is 3.67. The van der Waals surface area contributed by atoms with Gasteiger partial charge >= 0.3 is 5.69 Å². The number of carbonyl (C=O) groups is 1. The smallest absolute Gasteiger partial charge is 0.345 e. The van der Waals surface area contributed by atoms with Gasteiger partial charge in [0.25, 0.3) is 0 Å². The molecule has 8 nitrogen and oxygen atoms in total. The lowest BCUT2D eigenvalue weighted by molar-refractivity contribution is -0.121. The summed E-state index contributed by atoms with van der Waals surface area (Å²) in [5, 5.41) is 7.63. The number of fused-ring (bicyclic) bond motifs is 1. The van der Waals surface area contributed by atoms with E-state index in [4.69, 9.17) is 4.74 Å². The highest BCUT2D eigenvalue weighted by atomic mass is 16.5. The molecule has 0 bridgehead atoms. The van der Waals surface area contributed by atoms with Gasteiger partial charge in [0.05, 0.1) is 13.7 Å². The topological polar surface area (TPSA) is 81.4 Å². The summed E-state index contributed by atoms with van der Waals surface area (Å²) in [6.07, 6.45) is 3.29. The highest BCUT2D eigenvalue weighted by molar-refractivity contribution is 5.76. The molecule has 1 aliphatic heterocycles. The van der Waals surface area contributed by atoms with Crippen molar-refractivity contribution in [1.29, 1.82) is 0 Å². The lowest BCUT2D eigenvalue weighted by Crippen LogP contribution is -2.36. The van der Waals surface area contributed by atoms with Crippen molar-refractivity contribution in [2.24, 2.45) is 0 Å². The van der Waals surface area contributed by atoms with Crippen LogP contribution in [0.1, 0.15) is 30.7 Å². The number of amides is 1. The summed E-state index contributed by atoms with van der Waals surface area (Å²) in [5.74, 6) is 1.66. The molecule has 1 aliphatic rings. The molecule has 3 rings (SSSR count). The van der Waals surface area contributed by atoms with Gasteiger partial charge in [0.2, 0.25) is 5.91 Å². The van der Waals surface area contributed by atoms with E-state index in [1.807, 2.05) is 43.3 Å². The minimum atomic E-state index is -0.0509. The van der Waals surface area contributed by atoms with E-state index < -0.39 is 0 Å². The number of hydrogen-bond donors (Lipinski definition) is 1. The third kappa shape index (κ3) is 5.47. The van der Waals surface area contributed by atoms with Crippen LogP contribution in [0.15, 0.2) is 29.1 Å². The van der Waals surface area contributed by atoms with Crippen molar-refractivity contribution in [2.75, 3.05) is 27.7 Å². The zero-order chi connectivity index (χ0) is 20.8. The summed E-state index contributed by atoms with van der Waals surface area (Å²) < 4.78 is 8.66. The number of likely N-dealkylation sites (N-methyl/N-ethyl adjacent to an activating group) is 1. The molecule has 0 spiro atoms. The van der Waals surface area contributed by atoms with E-state index in [-0.39, 0.29) is 17.6 Å². The molecule has 1 atom stereocenters. The number of nitrogens with zero attached hydrogens (tertiary/aromatic N) is 4. The molecular formula is C21H31N5O3. The fourth-order valence-electron chi connectivity index (χ4n) is 3.67. The lowest BCUT2D eigenvalue weighted by Gasteiger charge is -2.16. The van der Waals surface area contributed by atoms with Gasteiger partial charge in [0.15, 0.2) is 0 Å². The molecule has 1 aromatic heterocycles. The molecule has 0 radical (unpaired) electrons. The first kappa shape index (κ1) is 21.1. The molecule has 2 aromatic rings. The predicted octanol–water partition coefficient (Wildman–Crippen LogP) is 1.07. The highest BCUT2D eigenvalue weighted by Crippen LogP contribution is 2.19. The lowest BCUT2D eigenvalue weighted by atomic mass is 10.1. The minimum absolute atomic E-state index is 0.0313. The Kier molecular flexibility index (Phi) is 7.09. The number of para-hydroxylation sites is 1. The van der Waals surface area contributed by atoms with Crippen molar-refractivity contribution < 1.29 is 9.53 Å². The highest BCUT2D eigenvalue weighted by Gasteiger charge is 2.22. The van der Waals surface area contributed by atoms with E-state index in [1.165, 1.54) is 0 Å². The van der Waals surface area contributed by atoms with Gasteiger partial charge in [-0.25, -0.2) is 9.48 Å². The molecule has 1 aromatic carbocycles. The Labute approximate surface area is 171 Å². The predicted molar refractivity (Wildman–Crippen MR) is 111 cm³/mol. The summed E-state index contributed by atoms with van der Waals surface area (Å²) in [6.45, 7) is 1.96. The van der Waals surface area contributed by atoms with E-state index >= 15 is 0 Å². The number of rotatable bonds is 8. The van der Waals surface area contributed by atoms with Crippen LogP contribution < -0.4 is 15.7 Å². The number of carbonyl (C=O) groups excluding carboxylic acids is 1. The van der Waals surface area contributed by atoms with Gasteiger partial charge < -0.3 is 15.0 Å². The summed E-state index contributed by atoms with van der Waals surface area (Å²) in [7, 11) is 5.60. The Balaban J connectivity index is 1.52. The van der Waals surface area contributed by atoms with Crippen molar-refractivity contribution in [1.82, 2.24) is 24.6 Å². The van der Waals surface area contributed by atoms with Gasteiger partial charge in [-0.3, -0.25) is 9.36 Å². The quantitative estimate of drug-likeness (QED) is 0.716. The Morgan fingerprint density at radius 1 is 1.31 bits per heavy atom. The second kappa shape index (κ2) is 9.73. The van der Waals surface area contributed by atoms with Crippen molar-refractivity contribution >= 4 is 5.91 Å². The number of aromatic nitrogens is 3. The molecule has 29 heavy (non-hydrogen) atoms. The van der Waals surface area contributed by atoms with Gasteiger partial charge in [-0.15, -0.1) is 0 Å². The van der Waals surface area contributed by atoms with Gasteiger partial charge in [-0.2, -0.15) is 5.10 Å². The Morgan fingerprint density at radius 2 is 2.10 bits per heavy atom. The first-order valence-electron chi connectivity index (χ1n) is 10.2. The first-order valence-corrected chi connectivity index (χ1v) is 10.2. The molecule has 1 unspecified atom stereocenters. The number of methoxy groups -OCH3 is 1. The van der Waals surface area contributed by atoms with Gasteiger partial charge in [-0.05, 0) is 45.0 Å². The minimum Gasteiger partial charge on any atom is -0.496 e. The zero-order valence-electron chi connectivity index (χ0n) is 17.6. The first-order chi connectivity index (χ1) is 14.0. The third-order valence-corrected chi connectivity index (χ3v) is 5.36. The van der Waals surface area contributed by atoms with E-state index in [1.54, 1.807) is 16.4 Å². The standard InChI is InChI=1S/C21H31N5O3/c1-24(2)14-15-26-21(28)25-13-12-17(9-10-19(25)23-26)22-20(27)11-8-16-6-4-5-7-18(16)29-3/h4-7,17H,8-15H2,1-3H3,(H,22,27). The Hall–Kier alpha value is -2.61. The van der Waals surface area contributed by atoms with Crippen molar-refractivity contribution in [3.63, 3.8) is 0 Å². The van der Waals surface area contributed by atoms with E-state index in [0.717, 1.165) is 36.5 Å². The fraction of sp³-hybridized carbons (Fsp3) is 0.571. The van der Waals surface area contributed by atoms with Gasteiger partial charge in [-0.1, -0.05) is 18.2 Å². The van der Waals surface area contributed by atoms with Crippen LogP contribution in [0.5, 0.6) is 5.75 Å². The summed E-state index contributed by atoms with van der Waals surface area (Å²) in [6, 6.07) is 7.83. The van der Waals surface area contributed by atoms with Crippen LogP contribution in [0.25, 0.3) is 0 Å². The number of benzene rings is 1. The molecule has 2 heterocycles. The Morgan fingerprint density at radius 3 is 2.86 bits per heavy atom. The summed E-state index contributed by atoms with van der Waals surface area (Å²) >= 11 is 0. The molecule has 1 N–H and O–H groups in total. The zero-order valence-corrected chi connectivity index (χ0v) is 17.6. The molecule has 158 valence electrons. The third-order valence-electron chi connectivity index (χ3n) is 5.36. The maximum atomic E-state index is 12.6. The molecular weight excluding hydrogens is 370 g/mol. The normalized spacial score (nSPS) is 16.3.